The molecule has 2 aliphatic rings. The van der Waals surface area contributed by atoms with Crippen molar-refractivity contribution in [2.24, 2.45) is 5.41 Å². The molecule has 2 bridgehead atoms. The quantitative estimate of drug-likeness (QED) is 0.483. The molecular weight excluding hydrogens is 344 g/mol. The predicted octanol–water partition coefficient (Wildman–Crippen LogP) is 7.87. The maximum absolute atomic E-state index is 11.0. The number of phenols is 1. The van der Waals surface area contributed by atoms with E-state index in [1.807, 2.05) is 0 Å². The number of aromatic hydroxyl groups is 1. The Morgan fingerprint density at radius 1 is 1.14 bits per heavy atom. The maximum atomic E-state index is 11.0. The van der Waals surface area contributed by atoms with Gasteiger partial charge < -0.3 is 9.84 Å². The van der Waals surface area contributed by atoms with Crippen LogP contribution in [0.25, 0.3) is 0 Å². The molecule has 0 amide bonds. The molecule has 0 radical (unpaired) electrons. The molecule has 1 aromatic rings. The van der Waals surface area contributed by atoms with Gasteiger partial charge in [0.05, 0.1) is 0 Å². The van der Waals surface area contributed by atoms with Crippen molar-refractivity contribution >= 4 is 0 Å². The van der Waals surface area contributed by atoms with Crippen LogP contribution in [0.3, 0.4) is 0 Å². The Bertz CT molecular complexity index is 692. The van der Waals surface area contributed by atoms with Crippen molar-refractivity contribution in [2.45, 2.75) is 123 Å². The van der Waals surface area contributed by atoms with E-state index in [2.05, 4.69) is 53.7 Å². The van der Waals surface area contributed by atoms with Gasteiger partial charge in [-0.2, -0.15) is 0 Å². The van der Waals surface area contributed by atoms with Crippen LogP contribution >= 0.6 is 0 Å². The van der Waals surface area contributed by atoms with Crippen molar-refractivity contribution in [1.82, 2.24) is 0 Å². The average molecular weight is 387 g/mol. The standard InChI is InChI=1S/C26H42O2/c1-7-9-10-11-13-25(5,8-2)20-15-21(27)23-19-12-14-24(3,4)18-26(6,17-19)28-22(23)16-20/h15-16,19,27H,7-14,17-18H2,1-6H3/t19-,25?,26+/m1/s1. The molecule has 158 valence electrons. The molecule has 1 aliphatic heterocycles. The summed E-state index contributed by atoms with van der Waals surface area (Å²) in [6, 6.07) is 4.34. The van der Waals surface area contributed by atoms with Crippen molar-refractivity contribution in [3.05, 3.63) is 23.3 Å². The lowest BCUT2D eigenvalue weighted by atomic mass is 9.74. The Labute approximate surface area is 173 Å². The van der Waals surface area contributed by atoms with E-state index in [1.54, 1.807) is 0 Å². The highest BCUT2D eigenvalue weighted by Gasteiger charge is 2.45. The van der Waals surface area contributed by atoms with E-state index in [0.29, 0.717) is 17.1 Å². The van der Waals surface area contributed by atoms with Gasteiger partial charge in [-0.3, -0.25) is 0 Å². The van der Waals surface area contributed by atoms with Gasteiger partial charge in [0.2, 0.25) is 0 Å². The van der Waals surface area contributed by atoms with Crippen molar-refractivity contribution in [1.29, 1.82) is 0 Å². The van der Waals surface area contributed by atoms with Gasteiger partial charge in [0, 0.05) is 5.56 Å². The number of benzene rings is 1. The Kier molecular flexibility index (Phi) is 6.09. The second-order valence-corrected chi connectivity index (χ2v) is 11.0. The molecule has 2 nitrogen and oxygen atoms in total. The number of phenolic OH excluding ortho intramolecular Hbond substituents is 1. The smallest absolute Gasteiger partial charge is 0.127 e. The molecule has 3 atom stereocenters. The van der Waals surface area contributed by atoms with E-state index in [9.17, 15) is 5.11 Å². The maximum Gasteiger partial charge on any atom is 0.127 e. The van der Waals surface area contributed by atoms with Crippen LogP contribution in [0.5, 0.6) is 11.5 Å². The van der Waals surface area contributed by atoms with Crippen molar-refractivity contribution in [3.8, 4) is 11.5 Å². The minimum absolute atomic E-state index is 0.104. The van der Waals surface area contributed by atoms with Crippen LogP contribution in [0, 0.1) is 5.41 Å². The van der Waals surface area contributed by atoms with Crippen LogP contribution < -0.4 is 4.74 Å². The first-order valence-electron chi connectivity index (χ1n) is 11.7. The molecule has 2 heteroatoms. The van der Waals surface area contributed by atoms with Crippen LogP contribution in [0.4, 0.5) is 0 Å². The summed E-state index contributed by atoms with van der Waals surface area (Å²) in [5.74, 6) is 1.84. The van der Waals surface area contributed by atoms with E-state index >= 15 is 0 Å². The first-order chi connectivity index (χ1) is 13.1. The van der Waals surface area contributed by atoms with Crippen molar-refractivity contribution < 1.29 is 9.84 Å². The summed E-state index contributed by atoms with van der Waals surface area (Å²) >= 11 is 0. The van der Waals surface area contributed by atoms with Crippen LogP contribution in [0.15, 0.2) is 12.1 Å². The van der Waals surface area contributed by atoms with E-state index < -0.39 is 0 Å². The zero-order valence-electron chi connectivity index (χ0n) is 19.2. The predicted molar refractivity (Wildman–Crippen MR) is 119 cm³/mol. The van der Waals surface area contributed by atoms with E-state index in [1.165, 1.54) is 44.1 Å². The van der Waals surface area contributed by atoms with E-state index in [4.69, 9.17) is 4.74 Å². The Morgan fingerprint density at radius 3 is 2.57 bits per heavy atom. The molecule has 3 rings (SSSR count). The fourth-order valence-corrected chi connectivity index (χ4v) is 5.87. The number of rotatable bonds is 7. The van der Waals surface area contributed by atoms with Gasteiger partial charge in [0.25, 0.3) is 0 Å². The molecule has 1 saturated carbocycles. The highest BCUT2D eigenvalue weighted by atomic mass is 16.5. The molecule has 1 aromatic carbocycles. The third-order valence-corrected chi connectivity index (χ3v) is 7.64. The summed E-state index contributed by atoms with van der Waals surface area (Å²) in [4.78, 5) is 0. The number of ether oxygens (including phenoxy) is 1. The summed E-state index contributed by atoms with van der Waals surface area (Å²) in [5.41, 5.74) is 2.60. The fraction of sp³-hybridized carbons (Fsp3) is 0.769. The molecule has 1 heterocycles. The molecular formula is C26H42O2. The topological polar surface area (TPSA) is 29.5 Å². The van der Waals surface area contributed by atoms with Crippen LogP contribution in [0.2, 0.25) is 0 Å². The minimum atomic E-state index is -0.119. The Morgan fingerprint density at radius 2 is 1.89 bits per heavy atom. The lowest BCUT2D eigenvalue weighted by Gasteiger charge is -2.41. The zero-order valence-corrected chi connectivity index (χ0v) is 19.2. The minimum Gasteiger partial charge on any atom is -0.508 e. The molecule has 1 fully saturated rings. The van der Waals surface area contributed by atoms with Gasteiger partial charge in [-0.1, -0.05) is 60.3 Å². The third-order valence-electron chi connectivity index (χ3n) is 7.64. The van der Waals surface area contributed by atoms with Crippen molar-refractivity contribution in [2.75, 3.05) is 0 Å². The molecule has 28 heavy (non-hydrogen) atoms. The molecule has 0 saturated heterocycles. The number of hydrogen-bond acceptors (Lipinski definition) is 2. The molecule has 1 unspecified atom stereocenters. The second kappa shape index (κ2) is 7.92. The van der Waals surface area contributed by atoms with Gasteiger partial charge in [-0.15, -0.1) is 0 Å². The Hall–Kier alpha value is -1.18. The van der Waals surface area contributed by atoms with Crippen molar-refractivity contribution in [3.63, 3.8) is 0 Å². The van der Waals surface area contributed by atoms with Crippen LogP contribution in [-0.2, 0) is 5.41 Å². The first-order valence-corrected chi connectivity index (χ1v) is 11.7. The van der Waals surface area contributed by atoms with E-state index in [0.717, 1.165) is 37.0 Å². The average Bonchev–Trinajstić information content (AvgIpc) is 2.70. The largest absolute Gasteiger partial charge is 0.508 e. The third kappa shape index (κ3) is 4.36. The molecule has 1 aliphatic carbocycles. The van der Waals surface area contributed by atoms with Crippen LogP contribution in [-0.4, -0.2) is 10.7 Å². The fourth-order valence-electron chi connectivity index (χ4n) is 5.87. The SMILES string of the molecule is CCCCCCC(C)(CC)c1cc(O)c2c(c1)O[C@@]1(C)C[C@H]2CCC(C)(C)C1. The molecule has 0 spiro atoms. The molecule has 0 aromatic heterocycles. The number of hydrogen-bond donors (Lipinski definition) is 1. The lowest BCUT2D eigenvalue weighted by Crippen LogP contribution is -2.39. The summed E-state index contributed by atoms with van der Waals surface area (Å²) in [6.07, 6.45) is 11.9. The summed E-state index contributed by atoms with van der Waals surface area (Å²) in [6.45, 7) is 13.9. The van der Waals surface area contributed by atoms with Gasteiger partial charge >= 0.3 is 0 Å². The number of fused-ring (bicyclic) bond motifs is 4. The highest BCUT2D eigenvalue weighted by molar-refractivity contribution is 5.53. The Balaban J connectivity index is 1.93. The molecule has 1 N–H and O–H groups in total. The second-order valence-electron chi connectivity index (χ2n) is 11.0. The van der Waals surface area contributed by atoms with Gasteiger partial charge in [0.15, 0.2) is 0 Å². The summed E-state index contributed by atoms with van der Waals surface area (Å²) < 4.78 is 6.65. The monoisotopic (exact) mass is 386 g/mol. The summed E-state index contributed by atoms with van der Waals surface area (Å²) in [5, 5.41) is 11.0. The lowest BCUT2D eigenvalue weighted by molar-refractivity contribution is 0.0253. The zero-order chi connectivity index (χ0) is 20.6. The van der Waals surface area contributed by atoms with Gasteiger partial charge in [-0.05, 0) is 79.9 Å². The number of unbranched alkanes of at least 4 members (excludes halogenated alkanes) is 3. The van der Waals surface area contributed by atoms with Crippen LogP contribution in [0.1, 0.15) is 123 Å². The highest BCUT2D eigenvalue weighted by Crippen LogP contribution is 2.55. The van der Waals surface area contributed by atoms with Gasteiger partial charge in [-0.25, -0.2) is 0 Å². The van der Waals surface area contributed by atoms with Gasteiger partial charge in [0.1, 0.15) is 17.1 Å². The first kappa shape index (κ1) is 21.5. The summed E-state index contributed by atoms with van der Waals surface area (Å²) in [7, 11) is 0. The van der Waals surface area contributed by atoms with E-state index in [-0.39, 0.29) is 11.0 Å². The normalized spacial score (nSPS) is 28.0.